The second-order valence-electron chi connectivity index (χ2n) is 2.61. The quantitative estimate of drug-likeness (QED) is 0.675. The van der Waals surface area contributed by atoms with Gasteiger partial charge in [-0.3, -0.25) is 0 Å². The maximum atomic E-state index is 9.07. The van der Waals surface area contributed by atoms with Crippen LogP contribution in [-0.2, 0) is 6.42 Å². The van der Waals surface area contributed by atoms with E-state index in [-0.39, 0.29) is 5.75 Å². The summed E-state index contributed by atoms with van der Waals surface area (Å²) in [6.45, 7) is 0. The van der Waals surface area contributed by atoms with E-state index in [1.807, 2.05) is 12.1 Å². The largest absolute Gasteiger partial charge is 0.508 e. The van der Waals surface area contributed by atoms with Crippen LogP contribution in [0, 0.1) is 11.3 Å². The maximum Gasteiger partial charge on any atom is 0.115 e. The number of aromatic hydroxyl groups is 1. The Morgan fingerprint density at radius 1 is 1.58 bits per heavy atom. The Labute approximate surface area is 71.1 Å². The fourth-order valence-electron chi connectivity index (χ4n) is 0.983. The third-order valence-electron chi connectivity index (χ3n) is 1.53. The molecular weight excluding hydrogens is 152 g/mol. The molecule has 3 heteroatoms. The van der Waals surface area contributed by atoms with Gasteiger partial charge in [0.15, 0.2) is 0 Å². The van der Waals surface area contributed by atoms with Crippen molar-refractivity contribution in [3.8, 4) is 11.8 Å². The Kier molecular flexibility index (Phi) is 2.67. The lowest BCUT2D eigenvalue weighted by atomic mass is 10.1. The monoisotopic (exact) mass is 162 g/mol. The molecule has 1 aromatic carbocycles. The van der Waals surface area contributed by atoms with Gasteiger partial charge in [-0.25, -0.2) is 0 Å². The van der Waals surface area contributed by atoms with E-state index in [0.717, 1.165) is 5.56 Å². The molecule has 3 nitrogen and oxygen atoms in total. The number of hydrogen-bond acceptors (Lipinski definition) is 3. The normalized spacial score (nSPS) is 12.0. The van der Waals surface area contributed by atoms with Gasteiger partial charge in [0, 0.05) is 6.42 Å². The molecule has 1 atom stereocenters. The first-order valence-electron chi connectivity index (χ1n) is 3.65. The van der Waals surface area contributed by atoms with Gasteiger partial charge in [-0.1, -0.05) is 12.1 Å². The lowest BCUT2D eigenvalue weighted by molar-refractivity contribution is 0.474. The third-order valence-corrected chi connectivity index (χ3v) is 1.53. The first-order valence-corrected chi connectivity index (χ1v) is 3.65. The average molecular weight is 162 g/mol. The number of hydrogen-bond donors (Lipinski definition) is 2. The number of nitrogens with two attached hydrogens (primary N) is 1. The van der Waals surface area contributed by atoms with Crippen molar-refractivity contribution in [2.45, 2.75) is 12.5 Å². The first kappa shape index (κ1) is 8.57. The molecule has 0 aliphatic carbocycles. The molecule has 3 N–H and O–H groups in total. The van der Waals surface area contributed by atoms with E-state index >= 15 is 0 Å². The molecule has 1 unspecified atom stereocenters. The van der Waals surface area contributed by atoms with E-state index in [0.29, 0.717) is 6.42 Å². The minimum Gasteiger partial charge on any atom is -0.508 e. The lowest BCUT2D eigenvalue weighted by Gasteiger charge is -2.02. The second-order valence-corrected chi connectivity index (χ2v) is 2.61. The van der Waals surface area contributed by atoms with Gasteiger partial charge < -0.3 is 10.8 Å². The van der Waals surface area contributed by atoms with Gasteiger partial charge in [0.05, 0.1) is 12.1 Å². The SMILES string of the molecule is N#CC(N)Cc1cccc(O)c1. The van der Waals surface area contributed by atoms with E-state index in [1.165, 1.54) is 0 Å². The molecule has 0 aliphatic rings. The Bertz CT molecular complexity index is 304. The van der Waals surface area contributed by atoms with Crippen molar-refractivity contribution in [1.82, 2.24) is 0 Å². The summed E-state index contributed by atoms with van der Waals surface area (Å²) in [5.74, 6) is 0.206. The zero-order valence-electron chi connectivity index (χ0n) is 6.57. The van der Waals surface area contributed by atoms with E-state index < -0.39 is 6.04 Å². The summed E-state index contributed by atoms with van der Waals surface area (Å²) in [5, 5.41) is 17.5. The summed E-state index contributed by atoms with van der Waals surface area (Å²) in [6, 6.07) is 8.19. The summed E-state index contributed by atoms with van der Waals surface area (Å²) < 4.78 is 0. The smallest absolute Gasteiger partial charge is 0.115 e. The molecule has 0 radical (unpaired) electrons. The maximum absolute atomic E-state index is 9.07. The van der Waals surface area contributed by atoms with Crippen LogP contribution in [0.5, 0.6) is 5.75 Å². The number of benzene rings is 1. The van der Waals surface area contributed by atoms with Gasteiger partial charge in [-0.15, -0.1) is 0 Å². The van der Waals surface area contributed by atoms with Gasteiger partial charge >= 0.3 is 0 Å². The van der Waals surface area contributed by atoms with Gasteiger partial charge in [0.25, 0.3) is 0 Å². The Morgan fingerprint density at radius 3 is 2.92 bits per heavy atom. The van der Waals surface area contributed by atoms with Crippen molar-refractivity contribution in [3.63, 3.8) is 0 Å². The van der Waals surface area contributed by atoms with E-state index in [1.54, 1.807) is 18.2 Å². The number of nitriles is 1. The van der Waals surface area contributed by atoms with Crippen molar-refractivity contribution in [2.24, 2.45) is 5.73 Å². The Morgan fingerprint density at radius 2 is 2.33 bits per heavy atom. The molecule has 0 bridgehead atoms. The van der Waals surface area contributed by atoms with E-state index in [4.69, 9.17) is 16.1 Å². The highest BCUT2D eigenvalue weighted by Crippen LogP contribution is 2.11. The molecule has 0 aliphatic heterocycles. The zero-order valence-corrected chi connectivity index (χ0v) is 6.57. The fourth-order valence-corrected chi connectivity index (χ4v) is 0.983. The standard InChI is InChI=1S/C9H10N2O/c10-6-8(11)4-7-2-1-3-9(12)5-7/h1-3,5,8,12H,4,11H2. The van der Waals surface area contributed by atoms with Crippen LogP contribution in [0.4, 0.5) is 0 Å². The first-order chi connectivity index (χ1) is 5.72. The predicted octanol–water partition coefficient (Wildman–Crippen LogP) is 0.786. The highest BCUT2D eigenvalue weighted by molar-refractivity contribution is 5.28. The highest BCUT2D eigenvalue weighted by atomic mass is 16.3. The van der Waals surface area contributed by atoms with Crippen LogP contribution in [0.3, 0.4) is 0 Å². The molecule has 62 valence electrons. The molecule has 1 rings (SSSR count). The molecule has 0 fully saturated rings. The van der Waals surface area contributed by atoms with Crippen LogP contribution in [-0.4, -0.2) is 11.1 Å². The molecule has 0 saturated carbocycles. The molecule has 0 amide bonds. The molecule has 0 aromatic heterocycles. The van der Waals surface area contributed by atoms with Gasteiger partial charge in [-0.2, -0.15) is 5.26 Å². The molecule has 0 heterocycles. The minimum absolute atomic E-state index is 0.206. The van der Waals surface area contributed by atoms with Crippen LogP contribution in [0.25, 0.3) is 0 Å². The van der Waals surface area contributed by atoms with Gasteiger partial charge in [0.1, 0.15) is 5.75 Å². The summed E-state index contributed by atoms with van der Waals surface area (Å²) in [5.41, 5.74) is 6.29. The zero-order chi connectivity index (χ0) is 8.97. The number of phenolic OH excluding ortho intramolecular Hbond substituents is 1. The topological polar surface area (TPSA) is 70.0 Å². The molecule has 0 saturated heterocycles. The van der Waals surface area contributed by atoms with E-state index in [9.17, 15) is 0 Å². The summed E-state index contributed by atoms with van der Waals surface area (Å²) >= 11 is 0. The fraction of sp³-hybridized carbons (Fsp3) is 0.222. The van der Waals surface area contributed by atoms with Gasteiger partial charge in [0.2, 0.25) is 0 Å². The minimum atomic E-state index is -0.494. The van der Waals surface area contributed by atoms with Crippen molar-refractivity contribution >= 4 is 0 Å². The van der Waals surface area contributed by atoms with Crippen molar-refractivity contribution in [3.05, 3.63) is 29.8 Å². The van der Waals surface area contributed by atoms with Crippen molar-refractivity contribution in [2.75, 3.05) is 0 Å². The van der Waals surface area contributed by atoms with Crippen LogP contribution in [0.15, 0.2) is 24.3 Å². The summed E-state index contributed by atoms with van der Waals surface area (Å²) in [6.07, 6.45) is 0.477. The Hall–Kier alpha value is -1.53. The van der Waals surface area contributed by atoms with Crippen LogP contribution in [0.1, 0.15) is 5.56 Å². The predicted molar refractivity (Wildman–Crippen MR) is 45.4 cm³/mol. The van der Waals surface area contributed by atoms with Crippen molar-refractivity contribution < 1.29 is 5.11 Å². The molecular formula is C9H10N2O. The number of phenols is 1. The number of nitrogens with zero attached hydrogens (tertiary/aromatic N) is 1. The number of rotatable bonds is 2. The Balaban J connectivity index is 2.71. The van der Waals surface area contributed by atoms with Crippen molar-refractivity contribution in [1.29, 1.82) is 5.26 Å². The average Bonchev–Trinajstić information content (AvgIpc) is 2.04. The summed E-state index contributed by atoms with van der Waals surface area (Å²) in [7, 11) is 0. The van der Waals surface area contributed by atoms with Crippen LogP contribution >= 0.6 is 0 Å². The molecule has 1 aromatic rings. The summed E-state index contributed by atoms with van der Waals surface area (Å²) in [4.78, 5) is 0. The van der Waals surface area contributed by atoms with Crippen LogP contribution < -0.4 is 5.73 Å². The molecule has 12 heavy (non-hydrogen) atoms. The molecule has 0 spiro atoms. The van der Waals surface area contributed by atoms with Gasteiger partial charge in [-0.05, 0) is 17.7 Å². The lowest BCUT2D eigenvalue weighted by Crippen LogP contribution is -2.19. The highest BCUT2D eigenvalue weighted by Gasteiger charge is 2.01. The second kappa shape index (κ2) is 3.74. The third kappa shape index (κ3) is 2.26. The van der Waals surface area contributed by atoms with Crippen LogP contribution in [0.2, 0.25) is 0 Å². The van der Waals surface area contributed by atoms with E-state index in [2.05, 4.69) is 0 Å².